The van der Waals surface area contributed by atoms with Gasteiger partial charge in [0.2, 0.25) is 0 Å². The molecule has 2 aliphatic rings. The van der Waals surface area contributed by atoms with Crippen LogP contribution in [0.15, 0.2) is 59.4 Å². The van der Waals surface area contributed by atoms with Crippen LogP contribution >= 0.6 is 0 Å². The standard InChI is InChI=1S/C31H35N3O5.C2H6.CH5N/c1-19-9-10-24(36)15-26(19)30-11-12-34(3)20(2)31(30,39)16-22-14-25(29(38)33-27(22)17-30)28(37)32-23(18-35)13-21-7-5-4-6-8-21;2*1-2/h4-10,14-15,18,20,23,36,39H,11-13,16-17H2,1-3H3,(H,32,37)(H,33,38);1-2H3;2H2,1H3. The van der Waals surface area contributed by atoms with Crippen LogP contribution < -0.4 is 16.6 Å². The molecule has 1 aliphatic carbocycles. The van der Waals surface area contributed by atoms with Gasteiger partial charge in [0.05, 0.1) is 11.6 Å². The number of nitrogens with one attached hydrogen (secondary N) is 2. The van der Waals surface area contributed by atoms with Crippen LogP contribution in [0.5, 0.6) is 5.75 Å². The molecule has 1 saturated heterocycles. The number of fused-ring (bicyclic) bond motifs is 2. The van der Waals surface area contributed by atoms with Crippen LogP contribution in [0.4, 0.5) is 0 Å². The van der Waals surface area contributed by atoms with Crippen molar-refractivity contribution in [2.24, 2.45) is 5.73 Å². The van der Waals surface area contributed by atoms with Gasteiger partial charge < -0.3 is 35.9 Å². The van der Waals surface area contributed by atoms with E-state index in [1.807, 2.05) is 71.1 Å². The highest BCUT2D eigenvalue weighted by atomic mass is 16.3. The highest BCUT2D eigenvalue weighted by molar-refractivity contribution is 5.95. The zero-order chi connectivity index (χ0) is 31.9. The topological polar surface area (TPSA) is 149 Å². The second kappa shape index (κ2) is 14.1. The number of likely N-dealkylation sites (N-methyl/N-ethyl adjacent to an activating group) is 1. The molecule has 1 fully saturated rings. The monoisotopic (exact) mass is 590 g/mol. The summed E-state index contributed by atoms with van der Waals surface area (Å²) in [6, 6.07) is 15.1. The first-order valence-electron chi connectivity index (χ1n) is 14.9. The predicted molar refractivity (Wildman–Crippen MR) is 170 cm³/mol. The number of aromatic hydroxyl groups is 1. The van der Waals surface area contributed by atoms with Gasteiger partial charge in [0.25, 0.3) is 11.5 Å². The fourth-order valence-electron chi connectivity index (χ4n) is 6.62. The largest absolute Gasteiger partial charge is 0.508 e. The van der Waals surface area contributed by atoms with Crippen molar-refractivity contribution in [1.29, 1.82) is 0 Å². The highest BCUT2D eigenvalue weighted by Gasteiger charge is 2.60. The number of hydrogen-bond donors (Lipinski definition) is 5. The minimum absolute atomic E-state index is 0.0879. The number of aryl methyl sites for hydroxylation is 1. The summed E-state index contributed by atoms with van der Waals surface area (Å²) >= 11 is 0. The van der Waals surface area contributed by atoms with Gasteiger partial charge in [-0.05, 0) is 87.8 Å². The number of pyridine rings is 1. The second-order valence-corrected chi connectivity index (χ2v) is 11.2. The minimum atomic E-state index is -1.23. The summed E-state index contributed by atoms with van der Waals surface area (Å²) in [6.07, 6.45) is 2.21. The summed E-state index contributed by atoms with van der Waals surface area (Å²) in [5, 5.41) is 25.5. The summed E-state index contributed by atoms with van der Waals surface area (Å²) < 4.78 is 0. The van der Waals surface area contributed by atoms with Gasteiger partial charge in [-0.2, -0.15) is 0 Å². The average molecular weight is 591 g/mol. The number of carbonyl (C=O) groups excluding carboxylic acids is 2. The molecule has 0 radical (unpaired) electrons. The molecule has 0 saturated carbocycles. The fourth-order valence-corrected chi connectivity index (χ4v) is 6.62. The molecule has 9 nitrogen and oxygen atoms in total. The van der Waals surface area contributed by atoms with Crippen LogP contribution in [0, 0.1) is 6.92 Å². The molecule has 43 heavy (non-hydrogen) atoms. The number of rotatable bonds is 6. The maximum absolute atomic E-state index is 13.2. The Morgan fingerprint density at radius 1 is 1.16 bits per heavy atom. The van der Waals surface area contributed by atoms with Crippen molar-refractivity contribution in [3.63, 3.8) is 0 Å². The molecule has 9 heteroatoms. The smallest absolute Gasteiger partial charge is 0.261 e. The van der Waals surface area contributed by atoms with Crippen molar-refractivity contribution >= 4 is 12.2 Å². The lowest BCUT2D eigenvalue weighted by atomic mass is 9.53. The first-order valence-corrected chi connectivity index (χ1v) is 14.9. The van der Waals surface area contributed by atoms with Crippen LogP contribution in [0.2, 0.25) is 0 Å². The molecule has 0 spiro atoms. The third kappa shape index (κ3) is 6.44. The van der Waals surface area contributed by atoms with E-state index in [0.29, 0.717) is 36.8 Å². The number of hydrogen-bond acceptors (Lipinski definition) is 7. The Morgan fingerprint density at radius 2 is 1.84 bits per heavy atom. The molecular formula is C34H46N4O5. The first-order chi connectivity index (χ1) is 20.6. The average Bonchev–Trinajstić information content (AvgIpc) is 3.02. The van der Waals surface area contributed by atoms with Crippen LogP contribution in [-0.2, 0) is 29.5 Å². The van der Waals surface area contributed by atoms with Crippen molar-refractivity contribution in [2.45, 2.75) is 76.5 Å². The van der Waals surface area contributed by atoms with Crippen molar-refractivity contribution in [3.05, 3.63) is 98.5 Å². The van der Waals surface area contributed by atoms with Crippen molar-refractivity contribution in [1.82, 2.24) is 15.2 Å². The van der Waals surface area contributed by atoms with Gasteiger partial charge in [-0.3, -0.25) is 9.59 Å². The number of amides is 1. The molecule has 232 valence electrons. The number of aldehydes is 1. The van der Waals surface area contributed by atoms with Gasteiger partial charge in [-0.1, -0.05) is 50.2 Å². The molecular weight excluding hydrogens is 544 g/mol. The van der Waals surface area contributed by atoms with Crippen molar-refractivity contribution in [3.8, 4) is 5.75 Å². The summed E-state index contributed by atoms with van der Waals surface area (Å²) in [4.78, 5) is 43.1. The zero-order valence-corrected chi connectivity index (χ0v) is 26.1. The molecule has 2 aromatic carbocycles. The Kier molecular flexibility index (Phi) is 11.1. The van der Waals surface area contributed by atoms with Gasteiger partial charge in [-0.25, -0.2) is 0 Å². The number of phenols is 1. The molecule has 5 rings (SSSR count). The van der Waals surface area contributed by atoms with E-state index >= 15 is 0 Å². The number of likely N-dealkylation sites (tertiary alicyclic amines) is 1. The highest BCUT2D eigenvalue weighted by Crippen LogP contribution is 2.53. The van der Waals surface area contributed by atoms with E-state index in [2.05, 4.69) is 20.9 Å². The number of carbonyl (C=O) groups is 2. The lowest BCUT2D eigenvalue weighted by Crippen LogP contribution is -2.70. The minimum Gasteiger partial charge on any atom is -0.508 e. The molecule has 1 aliphatic heterocycles. The summed E-state index contributed by atoms with van der Waals surface area (Å²) in [5.41, 5.74) is 6.01. The van der Waals surface area contributed by atoms with E-state index in [4.69, 9.17) is 0 Å². The van der Waals surface area contributed by atoms with Gasteiger partial charge in [-0.15, -0.1) is 0 Å². The van der Waals surface area contributed by atoms with E-state index < -0.39 is 28.5 Å². The third-order valence-corrected chi connectivity index (χ3v) is 8.99. The SMILES string of the molecule is CC.CN.Cc1ccc(O)cc1C12CCN(C)C(C)C1(O)Cc1cc(C(=O)NC(C=O)Cc3ccccc3)c(=O)[nH]c1C2. The number of aromatic nitrogens is 1. The molecule has 1 amide bonds. The van der Waals surface area contributed by atoms with Crippen LogP contribution in [0.3, 0.4) is 0 Å². The quantitative estimate of drug-likeness (QED) is 0.277. The number of aliphatic hydroxyl groups is 1. The molecule has 1 aromatic heterocycles. The van der Waals surface area contributed by atoms with Gasteiger partial charge in [0.15, 0.2) is 0 Å². The van der Waals surface area contributed by atoms with Crippen LogP contribution in [0.25, 0.3) is 0 Å². The maximum atomic E-state index is 13.2. The predicted octanol–water partition coefficient (Wildman–Crippen LogP) is 3.02. The molecule has 3 aromatic rings. The molecule has 6 N–H and O–H groups in total. The van der Waals surface area contributed by atoms with Crippen molar-refractivity contribution in [2.75, 3.05) is 20.6 Å². The van der Waals surface area contributed by atoms with E-state index in [-0.39, 0.29) is 23.8 Å². The van der Waals surface area contributed by atoms with E-state index in [9.17, 15) is 24.6 Å². The Bertz CT molecular complexity index is 1470. The van der Waals surface area contributed by atoms with E-state index in [0.717, 1.165) is 23.2 Å². The summed E-state index contributed by atoms with van der Waals surface area (Å²) in [7, 11) is 3.48. The maximum Gasteiger partial charge on any atom is 0.261 e. The van der Waals surface area contributed by atoms with Crippen LogP contribution in [0.1, 0.15) is 65.5 Å². The van der Waals surface area contributed by atoms with E-state index in [1.54, 1.807) is 18.2 Å². The van der Waals surface area contributed by atoms with Gasteiger partial charge >= 0.3 is 0 Å². The number of phenolic OH excluding ortho intramolecular Hbond substituents is 1. The fraction of sp³-hybridized carbons (Fsp3) is 0.441. The number of nitrogens with two attached hydrogens (primary N) is 1. The number of piperidine rings is 1. The van der Waals surface area contributed by atoms with Gasteiger partial charge in [0.1, 0.15) is 17.6 Å². The molecule has 4 atom stereocenters. The first kappa shape index (κ1) is 33.7. The normalized spacial score (nSPS) is 23.2. The lowest BCUT2D eigenvalue weighted by Gasteiger charge is -2.59. The second-order valence-electron chi connectivity index (χ2n) is 11.2. The number of H-pyrrole nitrogens is 1. The Labute approximate surface area is 254 Å². The molecule has 4 unspecified atom stereocenters. The number of nitrogens with zero attached hydrogens (tertiary/aromatic N) is 1. The summed E-state index contributed by atoms with van der Waals surface area (Å²) in [5.74, 6) is -0.501. The van der Waals surface area contributed by atoms with Crippen molar-refractivity contribution < 1.29 is 19.8 Å². The Balaban J connectivity index is 0.00000121. The van der Waals surface area contributed by atoms with E-state index in [1.165, 1.54) is 7.05 Å². The Morgan fingerprint density at radius 3 is 2.49 bits per heavy atom. The number of aromatic amines is 1. The number of benzene rings is 2. The van der Waals surface area contributed by atoms with Crippen LogP contribution in [-0.4, -0.2) is 70.6 Å². The molecule has 2 heterocycles. The zero-order valence-electron chi connectivity index (χ0n) is 26.1. The molecule has 0 bridgehead atoms. The summed E-state index contributed by atoms with van der Waals surface area (Å²) in [6.45, 7) is 8.71. The van der Waals surface area contributed by atoms with Gasteiger partial charge in [0, 0.05) is 30.0 Å². The third-order valence-electron chi connectivity index (χ3n) is 8.99. The lowest BCUT2D eigenvalue weighted by molar-refractivity contribution is -0.132. The Hall–Kier alpha value is -3.79.